The maximum Gasteiger partial charge on any atom is 0.157 e. The number of benzene rings is 3. The number of likely N-dealkylation sites (N-methyl/N-ethyl adjacent to an activating group) is 1. The van der Waals surface area contributed by atoms with Crippen LogP contribution < -0.4 is 19.6 Å². The van der Waals surface area contributed by atoms with Gasteiger partial charge in [-0.25, -0.2) is 9.97 Å². The van der Waals surface area contributed by atoms with E-state index in [1.54, 1.807) is 11.9 Å². The summed E-state index contributed by atoms with van der Waals surface area (Å²) in [6, 6.07) is 29.2. The minimum atomic E-state index is -0.200. The summed E-state index contributed by atoms with van der Waals surface area (Å²) in [5.74, 6) is 0.975. The van der Waals surface area contributed by atoms with Crippen LogP contribution >= 0.6 is 0 Å². The molecule has 1 aliphatic carbocycles. The third-order valence-corrected chi connectivity index (χ3v) is 12.0. The summed E-state index contributed by atoms with van der Waals surface area (Å²) in [5.41, 5.74) is 13.8. The number of para-hydroxylation sites is 3. The molecule has 5 heterocycles. The molecule has 1 saturated carbocycles. The van der Waals surface area contributed by atoms with Gasteiger partial charge in [-0.2, -0.15) is 0 Å². The average Bonchev–Trinajstić information content (AvgIpc) is 3.35. The van der Waals surface area contributed by atoms with Crippen molar-refractivity contribution in [2.75, 3.05) is 26.6 Å². The summed E-state index contributed by atoms with van der Waals surface area (Å²) in [7, 11) is 2.20. The van der Waals surface area contributed by atoms with Gasteiger partial charge in [0.2, 0.25) is 0 Å². The third-order valence-electron chi connectivity index (χ3n) is 12.0. The van der Waals surface area contributed by atoms with Gasteiger partial charge in [0.15, 0.2) is 5.82 Å². The second kappa shape index (κ2) is 10.6. The molecule has 0 saturated heterocycles. The number of anilines is 5. The molecule has 6 nitrogen and oxygen atoms in total. The third kappa shape index (κ3) is 3.41. The molecular weight excluding hydrogens is 601 g/mol. The maximum absolute atomic E-state index is 4.80. The second-order valence-electron chi connectivity index (χ2n) is 13.7. The Morgan fingerprint density at radius 2 is 1.57 bits per heavy atom. The number of hydrogen-bond donors (Lipinski definition) is 0. The first-order chi connectivity index (χ1) is 24.0. The molecule has 0 spiro atoms. The van der Waals surface area contributed by atoms with Gasteiger partial charge < -0.3 is 19.6 Å². The molecule has 1 aromatic heterocycles. The standard InChI is InChI=1S/C43H42N6/c1-7-19-28(8-2)37-32(9-3)49-34-25-18-16-23-31(34)42(10-4)38(43(42,11-5)41(49)47(37)29-20-13-12-14-21-29)36-30-22-15-17-24-33(30)48-35-26-44-27-45-39(35)46(6)40(36)48/h7-8,12-27,40-41H,1-2,9-11H2,3-6H3. The fraction of sp³-hybridized carbons (Fsp3) is 0.256. The minimum Gasteiger partial charge on any atom is -0.333 e. The Morgan fingerprint density at radius 3 is 2.29 bits per heavy atom. The molecule has 1 fully saturated rings. The quantitative estimate of drug-likeness (QED) is 0.187. The van der Waals surface area contributed by atoms with Gasteiger partial charge >= 0.3 is 0 Å². The lowest BCUT2D eigenvalue weighted by Crippen LogP contribution is -2.53. The number of hydrogen-bond acceptors (Lipinski definition) is 6. The van der Waals surface area contributed by atoms with Crippen LogP contribution in [0, 0.1) is 5.41 Å². The topological polar surface area (TPSA) is 38.7 Å². The highest BCUT2D eigenvalue weighted by Gasteiger charge is 2.81. The van der Waals surface area contributed by atoms with Crippen LogP contribution in [0.4, 0.5) is 28.6 Å². The van der Waals surface area contributed by atoms with E-state index >= 15 is 0 Å². The summed E-state index contributed by atoms with van der Waals surface area (Å²) in [6.07, 6.45) is 12.5. The first-order valence-electron chi connectivity index (χ1n) is 17.6. The van der Waals surface area contributed by atoms with Gasteiger partial charge in [0.05, 0.1) is 17.6 Å². The molecule has 244 valence electrons. The number of allylic oxidation sites excluding steroid dienone is 4. The van der Waals surface area contributed by atoms with E-state index in [1.165, 1.54) is 45.2 Å². The zero-order valence-corrected chi connectivity index (χ0v) is 28.8. The maximum atomic E-state index is 4.80. The molecule has 9 rings (SSSR count). The highest BCUT2D eigenvalue weighted by atomic mass is 15.5. The SMILES string of the molecule is C=CC=C(C=C)C1=C(CC)N2c3ccccc3C3(CC)C(=C4c5ccccc5N5c6cncnc6N(C)C45)C3(CC)C2N1c1ccccc1. The van der Waals surface area contributed by atoms with E-state index in [9.17, 15) is 0 Å². The smallest absolute Gasteiger partial charge is 0.157 e. The zero-order chi connectivity index (χ0) is 33.7. The summed E-state index contributed by atoms with van der Waals surface area (Å²) in [5, 5.41) is 0. The normalized spacial score (nSPS) is 27.4. The van der Waals surface area contributed by atoms with Gasteiger partial charge in [0.1, 0.15) is 24.3 Å². The van der Waals surface area contributed by atoms with Crippen molar-refractivity contribution in [3.05, 3.63) is 156 Å². The van der Waals surface area contributed by atoms with E-state index < -0.39 is 0 Å². The van der Waals surface area contributed by atoms with Gasteiger partial charge in [0.25, 0.3) is 0 Å². The molecule has 5 aliphatic rings. The van der Waals surface area contributed by atoms with Crippen LogP contribution in [-0.4, -0.2) is 29.3 Å². The Balaban J connectivity index is 1.40. The first-order valence-corrected chi connectivity index (χ1v) is 17.6. The fourth-order valence-corrected chi connectivity index (χ4v) is 10.4. The lowest BCUT2D eigenvalue weighted by Gasteiger charge is -2.47. The number of fused-ring (bicyclic) bond motifs is 11. The van der Waals surface area contributed by atoms with Gasteiger partial charge in [-0.05, 0) is 60.2 Å². The predicted molar refractivity (Wildman–Crippen MR) is 202 cm³/mol. The Kier molecular flexibility index (Phi) is 6.42. The van der Waals surface area contributed by atoms with Crippen LogP contribution in [0.25, 0.3) is 5.57 Å². The van der Waals surface area contributed by atoms with E-state index in [2.05, 4.69) is 150 Å². The first kappa shape index (κ1) is 29.8. The molecule has 4 aliphatic heterocycles. The molecule has 6 heteroatoms. The fourth-order valence-electron chi connectivity index (χ4n) is 10.4. The van der Waals surface area contributed by atoms with E-state index in [-0.39, 0.29) is 23.2 Å². The molecular formula is C43H42N6. The van der Waals surface area contributed by atoms with Crippen molar-refractivity contribution < 1.29 is 0 Å². The van der Waals surface area contributed by atoms with E-state index in [4.69, 9.17) is 4.98 Å². The molecule has 49 heavy (non-hydrogen) atoms. The number of aromatic nitrogens is 2. The van der Waals surface area contributed by atoms with Crippen LogP contribution in [0.1, 0.15) is 51.2 Å². The van der Waals surface area contributed by atoms with Crippen LogP contribution in [0.5, 0.6) is 0 Å². The Labute approximate surface area is 289 Å². The molecule has 0 N–H and O–H groups in total. The minimum absolute atomic E-state index is 0.00814. The number of rotatable bonds is 7. The summed E-state index contributed by atoms with van der Waals surface area (Å²) in [4.78, 5) is 19.5. The van der Waals surface area contributed by atoms with E-state index in [1.807, 2.05) is 18.3 Å². The van der Waals surface area contributed by atoms with Crippen molar-refractivity contribution in [2.24, 2.45) is 5.41 Å². The molecule has 0 bridgehead atoms. The second-order valence-corrected chi connectivity index (χ2v) is 13.7. The van der Waals surface area contributed by atoms with E-state index in [0.29, 0.717) is 0 Å². The molecule has 4 unspecified atom stereocenters. The predicted octanol–water partition coefficient (Wildman–Crippen LogP) is 9.50. The van der Waals surface area contributed by atoms with Gasteiger partial charge in [-0.1, -0.05) is 107 Å². The molecule has 0 amide bonds. The Morgan fingerprint density at radius 1 is 0.837 bits per heavy atom. The molecule has 4 atom stereocenters. The van der Waals surface area contributed by atoms with Crippen molar-refractivity contribution in [2.45, 2.75) is 57.8 Å². The summed E-state index contributed by atoms with van der Waals surface area (Å²) < 4.78 is 0. The van der Waals surface area contributed by atoms with Crippen LogP contribution in [-0.2, 0) is 5.41 Å². The van der Waals surface area contributed by atoms with Crippen LogP contribution in [0.3, 0.4) is 0 Å². The van der Waals surface area contributed by atoms with Gasteiger partial charge in [-0.15, -0.1) is 0 Å². The number of nitrogens with zero attached hydrogens (tertiary/aromatic N) is 6. The average molecular weight is 643 g/mol. The van der Waals surface area contributed by atoms with Gasteiger partial charge in [0, 0.05) is 46.1 Å². The Hall–Kier alpha value is -5.36. The van der Waals surface area contributed by atoms with Crippen molar-refractivity contribution in [1.29, 1.82) is 0 Å². The Bertz CT molecular complexity index is 2140. The van der Waals surface area contributed by atoms with Crippen molar-refractivity contribution >= 4 is 34.1 Å². The molecule has 4 aromatic rings. The summed E-state index contributed by atoms with van der Waals surface area (Å²) >= 11 is 0. The highest BCUT2D eigenvalue weighted by molar-refractivity contribution is 6.03. The molecule has 0 radical (unpaired) electrons. The lowest BCUT2D eigenvalue weighted by molar-refractivity contribution is 0.309. The zero-order valence-electron chi connectivity index (χ0n) is 28.8. The summed E-state index contributed by atoms with van der Waals surface area (Å²) in [6.45, 7) is 15.5. The lowest BCUT2D eigenvalue weighted by atomic mass is 9.76. The van der Waals surface area contributed by atoms with E-state index in [0.717, 1.165) is 36.3 Å². The largest absolute Gasteiger partial charge is 0.333 e. The highest BCUT2D eigenvalue weighted by Crippen LogP contribution is 2.82. The van der Waals surface area contributed by atoms with Gasteiger partial charge in [-0.3, -0.25) is 0 Å². The van der Waals surface area contributed by atoms with Crippen molar-refractivity contribution in [1.82, 2.24) is 9.97 Å². The van der Waals surface area contributed by atoms with Crippen molar-refractivity contribution in [3.8, 4) is 0 Å². The van der Waals surface area contributed by atoms with Crippen molar-refractivity contribution in [3.63, 3.8) is 0 Å². The molecule has 3 aromatic carbocycles. The monoisotopic (exact) mass is 642 g/mol. The van der Waals surface area contributed by atoms with Crippen LogP contribution in [0.2, 0.25) is 0 Å². The van der Waals surface area contributed by atoms with Crippen LogP contribution in [0.15, 0.2) is 145 Å².